The molecule has 1 fully saturated rings. The maximum absolute atomic E-state index is 12.5. The van der Waals surface area contributed by atoms with Gasteiger partial charge in [0, 0.05) is 36.7 Å². The van der Waals surface area contributed by atoms with Gasteiger partial charge in [-0.2, -0.15) is 0 Å². The third-order valence-electron chi connectivity index (χ3n) is 4.84. The zero-order valence-corrected chi connectivity index (χ0v) is 14.8. The molecule has 0 bridgehead atoms. The van der Waals surface area contributed by atoms with E-state index in [0.717, 1.165) is 37.0 Å². The zero-order chi connectivity index (χ0) is 18.9. The SMILES string of the molecule is NC(=O)NCc1ccc(C(=O)Nc2ccc3c(c2)OC2(CCCC2)O3)cc1. The van der Waals surface area contributed by atoms with E-state index in [1.165, 1.54) is 0 Å². The van der Waals surface area contributed by atoms with Gasteiger partial charge in [-0.25, -0.2) is 4.79 Å². The number of nitrogens with two attached hydrogens (primary N) is 1. The molecule has 2 aromatic rings. The highest BCUT2D eigenvalue weighted by Gasteiger charge is 2.44. The molecule has 7 nitrogen and oxygen atoms in total. The van der Waals surface area contributed by atoms with Gasteiger partial charge < -0.3 is 25.8 Å². The van der Waals surface area contributed by atoms with Gasteiger partial charge in [0.25, 0.3) is 11.7 Å². The number of rotatable bonds is 4. The highest BCUT2D eigenvalue weighted by molar-refractivity contribution is 6.04. The van der Waals surface area contributed by atoms with Gasteiger partial charge in [0.05, 0.1) is 0 Å². The second kappa shape index (κ2) is 6.83. The van der Waals surface area contributed by atoms with Crippen LogP contribution in [0.15, 0.2) is 42.5 Å². The molecule has 1 aliphatic heterocycles. The van der Waals surface area contributed by atoms with Gasteiger partial charge in [-0.15, -0.1) is 0 Å². The maximum atomic E-state index is 12.5. The Labute approximate surface area is 156 Å². The van der Waals surface area contributed by atoms with E-state index < -0.39 is 11.8 Å². The number of benzene rings is 2. The number of anilines is 1. The molecule has 4 rings (SSSR count). The Balaban J connectivity index is 1.41. The smallest absolute Gasteiger partial charge is 0.312 e. The minimum atomic E-state index is -0.584. The molecule has 1 spiro atoms. The Morgan fingerprint density at radius 1 is 1.00 bits per heavy atom. The quantitative estimate of drug-likeness (QED) is 0.772. The van der Waals surface area contributed by atoms with Crippen LogP contribution >= 0.6 is 0 Å². The van der Waals surface area contributed by atoms with Crippen LogP contribution in [0.1, 0.15) is 41.6 Å². The highest BCUT2D eigenvalue weighted by atomic mass is 16.7. The van der Waals surface area contributed by atoms with Crippen LogP contribution in [0.2, 0.25) is 0 Å². The molecule has 4 N–H and O–H groups in total. The van der Waals surface area contributed by atoms with Gasteiger partial charge in [0.1, 0.15) is 0 Å². The Morgan fingerprint density at radius 2 is 1.70 bits per heavy atom. The van der Waals surface area contributed by atoms with Crippen molar-refractivity contribution in [2.24, 2.45) is 5.73 Å². The first-order chi connectivity index (χ1) is 13.0. The predicted molar refractivity (Wildman–Crippen MR) is 99.7 cm³/mol. The van der Waals surface area contributed by atoms with E-state index >= 15 is 0 Å². The molecule has 140 valence electrons. The molecule has 27 heavy (non-hydrogen) atoms. The van der Waals surface area contributed by atoms with Crippen LogP contribution in [0, 0.1) is 0 Å². The number of carbonyl (C=O) groups excluding carboxylic acids is 2. The van der Waals surface area contributed by atoms with Crippen LogP contribution in [0.3, 0.4) is 0 Å². The lowest BCUT2D eigenvalue weighted by Crippen LogP contribution is -2.34. The van der Waals surface area contributed by atoms with Gasteiger partial charge in [-0.3, -0.25) is 4.79 Å². The molecule has 1 heterocycles. The lowest BCUT2D eigenvalue weighted by molar-refractivity contribution is -0.0716. The monoisotopic (exact) mass is 367 g/mol. The standard InChI is InChI=1S/C20H21N3O4/c21-19(25)22-12-13-3-5-14(6-4-13)18(24)23-15-7-8-16-17(11-15)27-20(26-16)9-1-2-10-20/h3-8,11H,1-2,9-10,12H2,(H,23,24)(H3,21,22,25). The molecule has 7 heteroatoms. The summed E-state index contributed by atoms with van der Waals surface area (Å²) in [5, 5.41) is 5.38. The first-order valence-electron chi connectivity index (χ1n) is 8.99. The van der Waals surface area contributed by atoms with Crippen molar-refractivity contribution in [3.8, 4) is 11.5 Å². The first-order valence-corrected chi connectivity index (χ1v) is 8.99. The largest absolute Gasteiger partial charge is 0.448 e. The number of fused-ring (bicyclic) bond motifs is 1. The number of hydrogen-bond acceptors (Lipinski definition) is 4. The van der Waals surface area contributed by atoms with Crippen LogP contribution in [-0.4, -0.2) is 17.7 Å². The fourth-order valence-electron chi connectivity index (χ4n) is 3.46. The van der Waals surface area contributed by atoms with E-state index in [0.29, 0.717) is 23.5 Å². The molecular formula is C20H21N3O4. The molecule has 3 amide bonds. The summed E-state index contributed by atoms with van der Waals surface area (Å²) in [4.78, 5) is 23.2. The van der Waals surface area contributed by atoms with Gasteiger partial charge in [-0.1, -0.05) is 12.1 Å². The van der Waals surface area contributed by atoms with Gasteiger partial charge in [0.15, 0.2) is 11.5 Å². The predicted octanol–water partition coefficient (Wildman–Crippen LogP) is 3.15. The van der Waals surface area contributed by atoms with E-state index in [9.17, 15) is 9.59 Å². The molecule has 2 aliphatic rings. The average Bonchev–Trinajstić information content (AvgIpc) is 3.26. The zero-order valence-electron chi connectivity index (χ0n) is 14.8. The second-order valence-electron chi connectivity index (χ2n) is 6.85. The number of ether oxygens (including phenoxy) is 2. The summed E-state index contributed by atoms with van der Waals surface area (Å²) >= 11 is 0. The van der Waals surface area contributed by atoms with Gasteiger partial charge >= 0.3 is 6.03 Å². The summed E-state index contributed by atoms with van der Waals surface area (Å²) in [6.07, 6.45) is 3.98. The van der Waals surface area contributed by atoms with Crippen molar-refractivity contribution in [2.75, 3.05) is 5.32 Å². The van der Waals surface area contributed by atoms with Crippen LogP contribution in [0.25, 0.3) is 0 Å². The summed E-state index contributed by atoms with van der Waals surface area (Å²) in [5.41, 5.74) is 7.07. The third-order valence-corrected chi connectivity index (χ3v) is 4.84. The maximum Gasteiger partial charge on any atom is 0.312 e. The molecule has 1 saturated carbocycles. The molecule has 2 aromatic carbocycles. The highest BCUT2D eigenvalue weighted by Crippen LogP contribution is 2.47. The van der Waals surface area contributed by atoms with Crippen LogP contribution < -0.4 is 25.8 Å². The van der Waals surface area contributed by atoms with Crippen molar-refractivity contribution in [2.45, 2.75) is 38.0 Å². The summed E-state index contributed by atoms with van der Waals surface area (Å²) in [7, 11) is 0. The second-order valence-corrected chi connectivity index (χ2v) is 6.85. The van der Waals surface area contributed by atoms with E-state index in [2.05, 4.69) is 10.6 Å². The number of hydrogen-bond donors (Lipinski definition) is 3. The Bertz CT molecular complexity index is 873. The fourth-order valence-corrected chi connectivity index (χ4v) is 3.46. The third kappa shape index (κ3) is 3.67. The molecule has 0 atom stereocenters. The van der Waals surface area contributed by atoms with Crippen molar-refractivity contribution in [1.29, 1.82) is 0 Å². The van der Waals surface area contributed by atoms with Crippen LogP contribution in [0.4, 0.5) is 10.5 Å². The number of primary amides is 1. The minimum Gasteiger partial charge on any atom is -0.448 e. The Kier molecular flexibility index (Phi) is 4.35. The fraction of sp³-hybridized carbons (Fsp3) is 0.300. The van der Waals surface area contributed by atoms with Gasteiger partial charge in [-0.05, 0) is 42.7 Å². The van der Waals surface area contributed by atoms with Crippen molar-refractivity contribution >= 4 is 17.6 Å². The van der Waals surface area contributed by atoms with Crippen LogP contribution in [-0.2, 0) is 6.54 Å². The lowest BCUT2D eigenvalue weighted by Gasteiger charge is -2.21. The lowest BCUT2D eigenvalue weighted by atomic mass is 10.1. The summed E-state index contributed by atoms with van der Waals surface area (Å²) < 4.78 is 12.0. The van der Waals surface area contributed by atoms with Crippen LogP contribution in [0.5, 0.6) is 11.5 Å². The molecule has 0 unspecified atom stereocenters. The average molecular weight is 367 g/mol. The van der Waals surface area contributed by atoms with E-state index in [-0.39, 0.29) is 5.91 Å². The molecular weight excluding hydrogens is 346 g/mol. The van der Waals surface area contributed by atoms with E-state index in [4.69, 9.17) is 15.2 Å². The number of nitrogens with one attached hydrogen (secondary N) is 2. The summed E-state index contributed by atoms with van der Waals surface area (Å²) in [6.45, 7) is 0.321. The first kappa shape index (κ1) is 17.2. The Hall–Kier alpha value is -3.22. The van der Waals surface area contributed by atoms with Gasteiger partial charge in [0.2, 0.25) is 0 Å². The normalized spacial score (nSPS) is 16.3. The molecule has 0 aromatic heterocycles. The van der Waals surface area contributed by atoms with Crippen molar-refractivity contribution < 1.29 is 19.1 Å². The van der Waals surface area contributed by atoms with Crippen molar-refractivity contribution in [3.05, 3.63) is 53.6 Å². The summed E-state index contributed by atoms with van der Waals surface area (Å²) in [6, 6.07) is 11.8. The number of amides is 3. The van der Waals surface area contributed by atoms with E-state index in [1.807, 2.05) is 6.07 Å². The molecule has 1 aliphatic carbocycles. The number of urea groups is 1. The summed E-state index contributed by atoms with van der Waals surface area (Å²) in [5.74, 6) is 0.655. The molecule has 0 saturated heterocycles. The topological polar surface area (TPSA) is 103 Å². The minimum absolute atomic E-state index is 0.223. The van der Waals surface area contributed by atoms with E-state index in [1.54, 1.807) is 36.4 Å². The Morgan fingerprint density at radius 3 is 2.41 bits per heavy atom. The number of carbonyl (C=O) groups is 2. The van der Waals surface area contributed by atoms with Crippen molar-refractivity contribution in [3.63, 3.8) is 0 Å². The molecule has 0 radical (unpaired) electrons. The van der Waals surface area contributed by atoms with Crippen molar-refractivity contribution in [1.82, 2.24) is 5.32 Å².